The Kier molecular flexibility index (Phi) is 5.22. The molecule has 0 aliphatic heterocycles. The molecule has 0 fully saturated rings. The van der Waals surface area contributed by atoms with Crippen LogP contribution in [0.15, 0.2) is 36.4 Å². The molecule has 0 N–H and O–H groups in total. The molecule has 0 bridgehead atoms. The number of methoxy groups -OCH3 is 1. The summed E-state index contributed by atoms with van der Waals surface area (Å²) in [6, 6.07) is 11.7. The molecular weight excluding hydrogens is 288 g/mol. The van der Waals surface area contributed by atoms with Crippen LogP contribution in [0.5, 0.6) is 10.8 Å². The zero-order valence-corrected chi connectivity index (χ0v) is 13.1. The summed E-state index contributed by atoms with van der Waals surface area (Å²) in [5, 5.41) is 0.432. The minimum Gasteiger partial charge on any atom is -0.484 e. The lowest BCUT2D eigenvalue weighted by Gasteiger charge is -2.06. The summed E-state index contributed by atoms with van der Waals surface area (Å²) in [5.74, 6) is 0.905. The van der Waals surface area contributed by atoms with Gasteiger partial charge < -0.3 is 14.2 Å². The van der Waals surface area contributed by atoms with Gasteiger partial charge in [-0.05, 0) is 17.5 Å². The number of rotatable bonds is 5. The highest BCUT2D eigenvalue weighted by atomic mass is 32.1. The van der Waals surface area contributed by atoms with Crippen LogP contribution in [0.4, 0.5) is 4.79 Å². The number of hydrogen-bond donors (Lipinski definition) is 0. The van der Waals surface area contributed by atoms with Gasteiger partial charge in [-0.25, -0.2) is 4.79 Å². The highest BCUT2D eigenvalue weighted by Crippen LogP contribution is 2.41. The fourth-order valence-electron chi connectivity index (χ4n) is 1.68. The second kappa shape index (κ2) is 7.13. The Morgan fingerprint density at radius 1 is 1.24 bits per heavy atom. The quantitative estimate of drug-likeness (QED) is 0.758. The van der Waals surface area contributed by atoms with Crippen molar-refractivity contribution in [3.8, 4) is 10.8 Å². The average Bonchev–Trinajstić information content (AvgIpc) is 2.89. The van der Waals surface area contributed by atoms with Gasteiger partial charge >= 0.3 is 6.16 Å². The molecule has 0 saturated carbocycles. The van der Waals surface area contributed by atoms with Crippen molar-refractivity contribution >= 4 is 17.5 Å². The van der Waals surface area contributed by atoms with E-state index < -0.39 is 6.16 Å². The van der Waals surface area contributed by atoms with Gasteiger partial charge in [0.2, 0.25) is 5.06 Å². The topological polar surface area (TPSA) is 44.8 Å². The third-order valence-corrected chi connectivity index (χ3v) is 4.13. The number of hydrogen-bond acceptors (Lipinski definition) is 5. The van der Waals surface area contributed by atoms with E-state index in [9.17, 15) is 4.79 Å². The van der Waals surface area contributed by atoms with Gasteiger partial charge in [0.05, 0.1) is 7.11 Å². The zero-order chi connectivity index (χ0) is 15.2. The Bertz CT molecular complexity index is 590. The molecule has 1 aromatic carbocycles. The maximum Gasteiger partial charge on any atom is 0.514 e. The van der Waals surface area contributed by atoms with E-state index in [1.54, 1.807) is 0 Å². The van der Waals surface area contributed by atoms with Crippen LogP contribution in [0.1, 0.15) is 30.2 Å². The summed E-state index contributed by atoms with van der Waals surface area (Å²) >= 11 is 1.40. The van der Waals surface area contributed by atoms with E-state index in [0.717, 1.165) is 10.4 Å². The van der Waals surface area contributed by atoms with Crippen molar-refractivity contribution in [1.82, 2.24) is 0 Å². The summed E-state index contributed by atoms with van der Waals surface area (Å²) in [4.78, 5) is 12.4. The van der Waals surface area contributed by atoms with Gasteiger partial charge in [0.25, 0.3) is 0 Å². The van der Waals surface area contributed by atoms with E-state index >= 15 is 0 Å². The van der Waals surface area contributed by atoms with Crippen LogP contribution in [-0.4, -0.2) is 13.3 Å². The molecule has 0 aliphatic rings. The van der Waals surface area contributed by atoms with Gasteiger partial charge in [-0.15, -0.1) is 0 Å². The van der Waals surface area contributed by atoms with Crippen molar-refractivity contribution < 1.29 is 19.0 Å². The number of carbonyl (C=O) groups excluding carboxylic acids is 1. The number of thiophene rings is 1. The van der Waals surface area contributed by atoms with Crippen LogP contribution in [0, 0.1) is 0 Å². The van der Waals surface area contributed by atoms with Crippen molar-refractivity contribution in [2.24, 2.45) is 0 Å². The van der Waals surface area contributed by atoms with E-state index in [1.165, 1.54) is 18.4 Å². The van der Waals surface area contributed by atoms with Gasteiger partial charge in [-0.2, -0.15) is 0 Å². The summed E-state index contributed by atoms with van der Waals surface area (Å²) < 4.78 is 15.5. The Balaban J connectivity index is 2.14. The van der Waals surface area contributed by atoms with Crippen LogP contribution < -0.4 is 9.47 Å². The van der Waals surface area contributed by atoms with E-state index in [0.29, 0.717) is 23.3 Å². The second-order valence-electron chi connectivity index (χ2n) is 4.79. The highest BCUT2D eigenvalue weighted by molar-refractivity contribution is 7.14. The maximum absolute atomic E-state index is 11.3. The lowest BCUT2D eigenvalue weighted by molar-refractivity contribution is 0.121. The largest absolute Gasteiger partial charge is 0.514 e. The van der Waals surface area contributed by atoms with Crippen molar-refractivity contribution in [3.63, 3.8) is 0 Å². The molecule has 0 saturated heterocycles. The fraction of sp³-hybridized carbons (Fsp3) is 0.312. The van der Waals surface area contributed by atoms with E-state index in [-0.39, 0.29) is 0 Å². The first-order chi connectivity index (χ1) is 10.1. The Morgan fingerprint density at radius 2 is 1.95 bits per heavy atom. The molecule has 112 valence electrons. The Morgan fingerprint density at radius 3 is 2.57 bits per heavy atom. The Hall–Kier alpha value is -2.01. The number of ether oxygens (including phenoxy) is 3. The molecule has 0 unspecified atom stereocenters. The zero-order valence-electron chi connectivity index (χ0n) is 12.3. The standard InChI is InChI=1S/C16H18O4S/c1-11(2)14-9-13(15(21-14)20-16(17)18-3)19-10-12-7-5-4-6-8-12/h4-9,11H,10H2,1-3H3. The molecule has 0 spiro atoms. The van der Waals surface area contributed by atoms with E-state index in [2.05, 4.69) is 18.6 Å². The first-order valence-electron chi connectivity index (χ1n) is 6.66. The molecule has 0 atom stereocenters. The molecule has 0 amide bonds. The molecular formula is C16H18O4S. The van der Waals surface area contributed by atoms with Crippen LogP contribution >= 0.6 is 11.3 Å². The lowest BCUT2D eigenvalue weighted by atomic mass is 10.2. The van der Waals surface area contributed by atoms with Crippen molar-refractivity contribution in [1.29, 1.82) is 0 Å². The van der Waals surface area contributed by atoms with Crippen molar-refractivity contribution in [2.75, 3.05) is 7.11 Å². The van der Waals surface area contributed by atoms with Crippen LogP contribution in [0.25, 0.3) is 0 Å². The van der Waals surface area contributed by atoms with E-state index in [4.69, 9.17) is 9.47 Å². The predicted molar refractivity (Wildman–Crippen MR) is 82.2 cm³/mol. The summed E-state index contributed by atoms with van der Waals surface area (Å²) in [5.41, 5.74) is 1.05. The SMILES string of the molecule is COC(=O)Oc1sc(C(C)C)cc1OCc1ccccc1. The summed E-state index contributed by atoms with van der Waals surface area (Å²) in [7, 11) is 1.28. The molecule has 1 aromatic heterocycles. The van der Waals surface area contributed by atoms with Crippen molar-refractivity contribution in [3.05, 3.63) is 46.8 Å². The van der Waals surface area contributed by atoms with Gasteiger partial charge in [-0.3, -0.25) is 0 Å². The third-order valence-electron chi connectivity index (χ3n) is 2.83. The molecule has 0 aliphatic carbocycles. The monoisotopic (exact) mass is 306 g/mol. The fourth-order valence-corrected chi connectivity index (χ4v) is 2.63. The minimum atomic E-state index is -0.739. The molecule has 0 radical (unpaired) electrons. The average molecular weight is 306 g/mol. The van der Waals surface area contributed by atoms with E-state index in [1.807, 2.05) is 36.4 Å². The van der Waals surface area contributed by atoms with Crippen LogP contribution in [-0.2, 0) is 11.3 Å². The van der Waals surface area contributed by atoms with Gasteiger partial charge in [0.1, 0.15) is 6.61 Å². The molecule has 4 nitrogen and oxygen atoms in total. The first kappa shape index (κ1) is 15.4. The van der Waals surface area contributed by atoms with Crippen LogP contribution in [0.3, 0.4) is 0 Å². The molecule has 5 heteroatoms. The smallest absolute Gasteiger partial charge is 0.484 e. The number of benzene rings is 1. The first-order valence-corrected chi connectivity index (χ1v) is 7.48. The second-order valence-corrected chi connectivity index (χ2v) is 5.83. The normalized spacial score (nSPS) is 10.5. The van der Waals surface area contributed by atoms with Crippen LogP contribution in [0.2, 0.25) is 0 Å². The molecule has 21 heavy (non-hydrogen) atoms. The predicted octanol–water partition coefficient (Wildman–Crippen LogP) is 4.60. The Labute approximate surface area is 128 Å². The minimum absolute atomic E-state index is 0.337. The lowest BCUT2D eigenvalue weighted by Crippen LogP contribution is -2.07. The van der Waals surface area contributed by atoms with Gasteiger partial charge in [-0.1, -0.05) is 55.5 Å². The number of carbonyl (C=O) groups is 1. The summed E-state index contributed by atoms with van der Waals surface area (Å²) in [6.45, 7) is 4.58. The maximum atomic E-state index is 11.3. The van der Waals surface area contributed by atoms with Gasteiger partial charge in [0.15, 0.2) is 5.75 Å². The van der Waals surface area contributed by atoms with Crippen molar-refractivity contribution in [2.45, 2.75) is 26.4 Å². The molecule has 2 rings (SSSR count). The van der Waals surface area contributed by atoms with Gasteiger partial charge in [0, 0.05) is 4.88 Å². The third kappa shape index (κ3) is 4.23. The summed E-state index contributed by atoms with van der Waals surface area (Å²) in [6.07, 6.45) is -0.739. The highest BCUT2D eigenvalue weighted by Gasteiger charge is 2.17. The molecule has 2 aromatic rings. The molecule has 1 heterocycles.